The van der Waals surface area contributed by atoms with Gasteiger partial charge in [-0.05, 0) is 32.9 Å². The molecule has 0 bridgehead atoms. The van der Waals surface area contributed by atoms with Crippen molar-refractivity contribution in [3.8, 4) is 0 Å². The third-order valence-electron chi connectivity index (χ3n) is 6.15. The predicted molar refractivity (Wildman–Crippen MR) is 124 cm³/mol. The molecular weight excluding hydrogens is 442 g/mol. The van der Waals surface area contributed by atoms with Crippen molar-refractivity contribution in [3.05, 3.63) is 0 Å². The van der Waals surface area contributed by atoms with Crippen LogP contribution < -0.4 is 16.0 Å². The molecule has 3 amide bonds. The zero-order chi connectivity index (χ0) is 24.1. The van der Waals surface area contributed by atoms with E-state index in [1.807, 2.05) is 0 Å². The van der Waals surface area contributed by atoms with Gasteiger partial charge in [0.05, 0.1) is 6.54 Å². The number of hydrogen-bond donors (Lipinski definition) is 4. The largest absolute Gasteiger partial charge is 0.481 e. The van der Waals surface area contributed by atoms with E-state index in [9.17, 15) is 19.2 Å². The quantitative estimate of drug-likeness (QED) is 0.136. The van der Waals surface area contributed by atoms with Gasteiger partial charge in [0.1, 0.15) is 0 Å². The number of carboxylic acids is 1. The maximum absolute atomic E-state index is 12.3. The molecule has 2 saturated heterocycles. The van der Waals surface area contributed by atoms with Crippen molar-refractivity contribution in [2.75, 3.05) is 72.5 Å². The summed E-state index contributed by atoms with van der Waals surface area (Å²) in [6.45, 7) is 7.42. The number of nitrogens with one attached hydrogen (secondary N) is 3. The summed E-state index contributed by atoms with van der Waals surface area (Å²) in [7, 11) is 2.15. The first-order valence-electron chi connectivity index (χ1n) is 12.0. The van der Waals surface area contributed by atoms with Crippen molar-refractivity contribution in [3.63, 3.8) is 0 Å². The molecule has 4 N–H and O–H groups in total. The molecule has 2 aliphatic rings. The standard InChI is InChI=1S/C22H40N6O5/c1-26-12-14-27(15-13-26)16-18-4-3-11-28(18)17-21(31)25-10-7-20(30)24-9-6-19(29)23-8-2-5-22(32)33/h18H,2-17H2,1H3,(H,23,29)(H,24,30)(H,25,31)(H,32,33)/i1+1,3+1,4+1,11+1,12+1,13+1,14+1,15+1,16+1,17+1,18+1,23+1,24+1,25+1. The zero-order valence-corrected chi connectivity index (χ0v) is 19.8. The van der Waals surface area contributed by atoms with E-state index in [4.69, 9.17) is 5.11 Å². The van der Waals surface area contributed by atoms with E-state index >= 15 is 0 Å². The van der Waals surface area contributed by atoms with Gasteiger partial charge in [0.25, 0.3) is 0 Å². The average molecular weight is 482 g/mol. The number of likely N-dealkylation sites (tertiary alicyclic amines) is 1. The highest BCUT2D eigenvalue weighted by molar-refractivity contribution is 5.81. The summed E-state index contributed by atoms with van der Waals surface area (Å²) in [4.78, 5) is 53.4. The predicted octanol–water partition coefficient (Wildman–Crippen LogP) is -1.31. The number of carbonyl (C=O) groups excluding carboxylic acids is 3. The molecule has 0 aromatic carbocycles. The lowest BCUT2D eigenvalue weighted by molar-refractivity contribution is -0.137. The zero-order valence-electron chi connectivity index (χ0n) is 19.8. The second kappa shape index (κ2) is 14.8. The summed E-state index contributed by atoms with van der Waals surface area (Å²) in [6, 6.07) is 0.415. The molecule has 0 aromatic heterocycles. The number of carbonyl (C=O) groups is 4. The Morgan fingerprint density at radius 1 is 0.818 bits per heavy atom. The fourth-order valence-electron chi connectivity index (χ4n) is 4.15. The second-order valence-electron chi connectivity index (χ2n) is 8.92. The number of nitrogens with zero attached hydrogens (tertiary/aromatic N) is 3. The summed E-state index contributed by atoms with van der Waals surface area (Å²) in [5.74, 6) is -1.41. The van der Waals surface area contributed by atoms with Gasteiger partial charge in [0, 0.05) is 77.7 Å². The Kier molecular flexibility index (Phi) is 12.1. The van der Waals surface area contributed by atoms with Crippen molar-refractivity contribution < 1.29 is 24.3 Å². The number of piperazine rings is 1. The molecule has 0 aliphatic carbocycles. The number of rotatable bonds is 14. The second-order valence-corrected chi connectivity index (χ2v) is 8.92. The van der Waals surface area contributed by atoms with Crippen LogP contribution in [-0.4, -0.2) is 122 Å². The van der Waals surface area contributed by atoms with Crippen LogP contribution in [0.5, 0.6) is 0 Å². The van der Waals surface area contributed by atoms with Crippen molar-refractivity contribution in [1.82, 2.24) is 30.7 Å². The third kappa shape index (κ3) is 11.4. The fourth-order valence-corrected chi connectivity index (χ4v) is 4.15. The van der Waals surface area contributed by atoms with Crippen LogP contribution in [0.1, 0.15) is 38.5 Å². The molecule has 1 unspecified atom stereocenters. The minimum Gasteiger partial charge on any atom is -0.481 e. The first kappa shape index (κ1) is 27.0. The van der Waals surface area contributed by atoms with E-state index < -0.39 is 5.97 Å². The summed E-state index contributed by atoms with van der Waals surface area (Å²) >= 11 is 0. The summed E-state index contributed by atoms with van der Waals surface area (Å²) in [5.41, 5.74) is 0. The third-order valence-corrected chi connectivity index (χ3v) is 6.15. The molecular formula is C22H40N6O5. The van der Waals surface area contributed by atoms with Gasteiger partial charge in [0.15, 0.2) is 0 Å². The van der Waals surface area contributed by atoms with Gasteiger partial charge in [-0.2, -0.15) is 0 Å². The Balaban J connectivity index is 1.52. The lowest BCUT2D eigenvalue weighted by Gasteiger charge is -2.36. The normalized spacial score (nSPS) is 19.8. The molecule has 0 spiro atoms. The number of carboxylic acid groups (broad SMARTS) is 1. The van der Waals surface area contributed by atoms with Crippen LogP contribution in [0.15, 0.2) is 0 Å². The van der Waals surface area contributed by atoms with E-state index in [1.165, 1.54) is 0 Å². The van der Waals surface area contributed by atoms with Gasteiger partial charge in [-0.25, -0.2) is 0 Å². The van der Waals surface area contributed by atoms with Crippen LogP contribution >= 0.6 is 0 Å². The van der Waals surface area contributed by atoms with Crippen molar-refractivity contribution in [2.24, 2.45) is 0 Å². The Labute approximate surface area is 196 Å². The highest BCUT2D eigenvalue weighted by atomic mass is 16.4. The lowest BCUT2D eigenvalue weighted by atomic mass is 10.3. The minimum absolute atomic E-state index is 0.0113. The Morgan fingerprint density at radius 2 is 1.42 bits per heavy atom. The molecule has 188 valence electrons. The van der Waals surface area contributed by atoms with Crippen LogP contribution in [-0.2, 0) is 19.2 Å². The highest BCUT2D eigenvalue weighted by Gasteiger charge is 2.28. The van der Waals surface area contributed by atoms with Gasteiger partial charge in [-0.15, -0.1) is 0 Å². The van der Waals surface area contributed by atoms with E-state index in [0.717, 1.165) is 52.1 Å². The molecule has 2 aliphatic heterocycles. The van der Waals surface area contributed by atoms with Gasteiger partial charge in [-0.3, -0.25) is 29.0 Å². The maximum Gasteiger partial charge on any atom is 0.303 e. The number of likely N-dealkylation sites (N-methyl/N-ethyl adjacent to an activating group) is 1. The molecule has 2 heterocycles. The van der Waals surface area contributed by atoms with E-state index in [0.29, 0.717) is 25.6 Å². The summed E-state index contributed by atoms with van der Waals surface area (Å²) in [5, 5.41) is 16.6. The van der Waals surface area contributed by atoms with Crippen LogP contribution in [0.2, 0.25) is 0 Å². The molecule has 0 radical (unpaired) electrons. The monoisotopic (exact) mass is 482 g/mol. The molecule has 0 aromatic rings. The molecule has 2 rings (SSSR count). The van der Waals surface area contributed by atoms with Gasteiger partial charge >= 0.3 is 5.97 Å². The Hall–Kier alpha value is -2.24. The molecule has 11 heteroatoms. The molecule has 0 saturated carbocycles. The lowest BCUT2D eigenvalue weighted by Crippen LogP contribution is -2.50. The van der Waals surface area contributed by atoms with Crippen molar-refractivity contribution >= 4 is 23.7 Å². The highest BCUT2D eigenvalue weighted by Crippen LogP contribution is 2.18. The fraction of sp³-hybridized carbons (Fsp3) is 0.818. The number of aliphatic carboxylic acids is 1. The smallest absolute Gasteiger partial charge is 0.303 e. The SMILES string of the molecule is [13CH3]N1[13CH2][13CH2]N([13CH2][13CH]2[13CH2][13CH2][13CH2]N2[13CH2]C(=O)[15NH]CCC(=O)[15NH]CCC(=O)[15NH]CCCC(=O)O)[13CH2][13CH2]1. The average Bonchev–Trinajstić information content (AvgIpc) is 3.19. The van der Waals surface area contributed by atoms with Crippen LogP contribution in [0.4, 0.5) is 0 Å². The summed E-state index contributed by atoms with van der Waals surface area (Å²) in [6.07, 6.45) is 2.92. The molecule has 2 fully saturated rings. The van der Waals surface area contributed by atoms with Gasteiger partial charge in [-0.1, -0.05) is 0 Å². The first-order chi connectivity index (χ1) is 15.8. The summed E-state index contributed by atoms with van der Waals surface area (Å²) < 4.78 is 0. The van der Waals surface area contributed by atoms with Crippen molar-refractivity contribution in [2.45, 2.75) is 44.6 Å². The van der Waals surface area contributed by atoms with Gasteiger partial charge < -0.3 is 26.0 Å². The Morgan fingerprint density at radius 3 is 2.06 bits per heavy atom. The molecule has 11 nitrogen and oxygen atoms in total. The molecule has 33 heavy (non-hydrogen) atoms. The maximum atomic E-state index is 12.3. The van der Waals surface area contributed by atoms with Crippen molar-refractivity contribution in [1.29, 1.82) is 0 Å². The van der Waals surface area contributed by atoms with Crippen LogP contribution in [0.25, 0.3) is 0 Å². The van der Waals surface area contributed by atoms with Gasteiger partial charge in [0.2, 0.25) is 17.7 Å². The van der Waals surface area contributed by atoms with E-state index in [2.05, 4.69) is 37.7 Å². The molecule has 1 atom stereocenters. The number of hydrogen-bond acceptors (Lipinski definition) is 7. The van der Waals surface area contributed by atoms with E-state index in [1.54, 1.807) is 0 Å². The van der Waals surface area contributed by atoms with Crippen LogP contribution in [0.3, 0.4) is 0 Å². The Bertz CT molecular complexity index is 653. The topological polar surface area (TPSA) is 134 Å². The minimum atomic E-state index is -0.894. The number of amides is 3. The van der Waals surface area contributed by atoms with Crippen LogP contribution in [0, 0.1) is 0 Å². The van der Waals surface area contributed by atoms with E-state index in [-0.39, 0.29) is 50.1 Å². The first-order valence-corrected chi connectivity index (χ1v) is 12.0.